The molecular formula is C16H16ClN3O3S. The normalized spacial score (nSPS) is 16.3. The SMILES string of the molecule is NC(=O)c1c(NC(=O)Nc2ccc(Cl)cc2)sc2c1CCC(O)C2. The molecule has 1 aromatic heterocycles. The van der Waals surface area contributed by atoms with Crippen LogP contribution in [0.5, 0.6) is 0 Å². The van der Waals surface area contributed by atoms with Gasteiger partial charge in [-0.15, -0.1) is 11.3 Å². The summed E-state index contributed by atoms with van der Waals surface area (Å²) in [6.45, 7) is 0. The molecule has 0 bridgehead atoms. The van der Waals surface area contributed by atoms with Gasteiger partial charge in [0.2, 0.25) is 0 Å². The van der Waals surface area contributed by atoms with Gasteiger partial charge in [0.1, 0.15) is 5.00 Å². The number of anilines is 2. The first kappa shape index (κ1) is 16.8. The molecule has 0 radical (unpaired) electrons. The summed E-state index contributed by atoms with van der Waals surface area (Å²) in [7, 11) is 0. The number of halogens is 1. The Labute approximate surface area is 147 Å². The van der Waals surface area contributed by atoms with Gasteiger partial charge in [-0.05, 0) is 42.7 Å². The van der Waals surface area contributed by atoms with Crippen LogP contribution in [0.4, 0.5) is 15.5 Å². The molecule has 0 aliphatic heterocycles. The third-order valence-corrected chi connectivity index (χ3v) is 5.24. The number of nitrogens with two attached hydrogens (primary N) is 1. The van der Waals surface area contributed by atoms with Gasteiger partial charge in [-0.2, -0.15) is 0 Å². The Kier molecular flexibility index (Phi) is 4.75. The largest absolute Gasteiger partial charge is 0.393 e. The number of fused-ring (bicyclic) bond motifs is 1. The van der Waals surface area contributed by atoms with Crippen molar-refractivity contribution in [2.75, 3.05) is 10.6 Å². The third-order valence-electron chi connectivity index (χ3n) is 3.81. The number of hydrogen-bond acceptors (Lipinski definition) is 4. The van der Waals surface area contributed by atoms with Crippen molar-refractivity contribution < 1.29 is 14.7 Å². The van der Waals surface area contributed by atoms with Crippen LogP contribution < -0.4 is 16.4 Å². The van der Waals surface area contributed by atoms with E-state index in [0.29, 0.717) is 40.5 Å². The van der Waals surface area contributed by atoms with Crippen LogP contribution >= 0.6 is 22.9 Å². The van der Waals surface area contributed by atoms with Crippen LogP contribution in [-0.4, -0.2) is 23.1 Å². The van der Waals surface area contributed by atoms with Crippen molar-refractivity contribution in [3.63, 3.8) is 0 Å². The molecule has 0 saturated carbocycles. The number of benzene rings is 1. The van der Waals surface area contributed by atoms with Crippen LogP contribution in [0.15, 0.2) is 24.3 Å². The molecule has 2 aromatic rings. The number of carbonyl (C=O) groups excluding carboxylic acids is 2. The van der Waals surface area contributed by atoms with Crippen LogP contribution in [0.2, 0.25) is 5.02 Å². The number of aliphatic hydroxyl groups is 1. The quantitative estimate of drug-likeness (QED) is 0.672. The van der Waals surface area contributed by atoms with Gasteiger partial charge in [0.25, 0.3) is 5.91 Å². The van der Waals surface area contributed by atoms with E-state index in [4.69, 9.17) is 17.3 Å². The zero-order chi connectivity index (χ0) is 17.3. The Morgan fingerprint density at radius 2 is 1.96 bits per heavy atom. The molecule has 1 heterocycles. The zero-order valence-electron chi connectivity index (χ0n) is 12.6. The third kappa shape index (κ3) is 3.53. The number of nitrogens with one attached hydrogen (secondary N) is 2. The summed E-state index contributed by atoms with van der Waals surface area (Å²) >= 11 is 7.09. The summed E-state index contributed by atoms with van der Waals surface area (Å²) in [5.41, 5.74) is 7.23. The minimum atomic E-state index is -0.578. The topological polar surface area (TPSA) is 104 Å². The maximum absolute atomic E-state index is 12.2. The maximum atomic E-state index is 12.2. The molecule has 1 aromatic carbocycles. The fraction of sp³-hybridized carbons (Fsp3) is 0.250. The van der Waals surface area contributed by atoms with Crippen LogP contribution in [0, 0.1) is 0 Å². The van der Waals surface area contributed by atoms with Crippen molar-refractivity contribution in [3.05, 3.63) is 45.3 Å². The summed E-state index contributed by atoms with van der Waals surface area (Å²) in [5.74, 6) is -0.578. The number of urea groups is 1. The second-order valence-electron chi connectivity index (χ2n) is 5.55. The number of aliphatic hydroxyl groups excluding tert-OH is 1. The lowest BCUT2D eigenvalue weighted by atomic mass is 9.93. The van der Waals surface area contributed by atoms with Crippen molar-refractivity contribution in [1.29, 1.82) is 0 Å². The van der Waals surface area contributed by atoms with Crippen molar-refractivity contribution in [3.8, 4) is 0 Å². The molecular weight excluding hydrogens is 350 g/mol. The molecule has 126 valence electrons. The van der Waals surface area contributed by atoms with E-state index < -0.39 is 18.0 Å². The molecule has 1 aliphatic carbocycles. The number of carbonyl (C=O) groups is 2. The van der Waals surface area contributed by atoms with Crippen LogP contribution in [0.3, 0.4) is 0 Å². The van der Waals surface area contributed by atoms with E-state index in [2.05, 4.69) is 10.6 Å². The summed E-state index contributed by atoms with van der Waals surface area (Å²) in [6, 6.07) is 6.20. The number of rotatable bonds is 3. The minimum Gasteiger partial charge on any atom is -0.393 e. The number of hydrogen-bond donors (Lipinski definition) is 4. The first-order chi connectivity index (χ1) is 11.4. The predicted molar refractivity (Wildman–Crippen MR) is 95.0 cm³/mol. The van der Waals surface area contributed by atoms with Crippen LogP contribution in [0.25, 0.3) is 0 Å². The highest BCUT2D eigenvalue weighted by Gasteiger charge is 2.27. The maximum Gasteiger partial charge on any atom is 0.324 e. The smallest absolute Gasteiger partial charge is 0.324 e. The average molecular weight is 366 g/mol. The Balaban J connectivity index is 1.80. The number of thiophene rings is 1. The number of primary amides is 1. The zero-order valence-corrected chi connectivity index (χ0v) is 14.2. The van der Waals surface area contributed by atoms with Gasteiger partial charge < -0.3 is 16.2 Å². The molecule has 0 fully saturated rings. The molecule has 3 amide bonds. The Morgan fingerprint density at radius 3 is 2.62 bits per heavy atom. The Bertz CT molecular complexity index is 789. The highest BCUT2D eigenvalue weighted by molar-refractivity contribution is 7.17. The van der Waals surface area contributed by atoms with Gasteiger partial charge in [-0.3, -0.25) is 10.1 Å². The molecule has 1 aliphatic rings. The van der Waals surface area contributed by atoms with Crippen molar-refractivity contribution in [2.45, 2.75) is 25.4 Å². The first-order valence-corrected chi connectivity index (χ1v) is 8.59. The highest BCUT2D eigenvalue weighted by Crippen LogP contribution is 2.38. The Morgan fingerprint density at radius 1 is 1.25 bits per heavy atom. The summed E-state index contributed by atoms with van der Waals surface area (Å²) in [5, 5.41) is 16.1. The highest BCUT2D eigenvalue weighted by atomic mass is 35.5. The van der Waals surface area contributed by atoms with E-state index in [9.17, 15) is 14.7 Å². The van der Waals surface area contributed by atoms with Crippen molar-refractivity contribution in [1.82, 2.24) is 0 Å². The van der Waals surface area contributed by atoms with E-state index in [1.54, 1.807) is 24.3 Å². The molecule has 1 unspecified atom stereocenters. The van der Waals surface area contributed by atoms with Gasteiger partial charge in [0, 0.05) is 22.0 Å². The van der Waals surface area contributed by atoms with E-state index in [0.717, 1.165) is 10.4 Å². The van der Waals surface area contributed by atoms with Gasteiger partial charge in [0.05, 0.1) is 11.7 Å². The fourth-order valence-electron chi connectivity index (χ4n) is 2.72. The summed E-state index contributed by atoms with van der Waals surface area (Å²) < 4.78 is 0. The van der Waals surface area contributed by atoms with Crippen LogP contribution in [0.1, 0.15) is 27.2 Å². The summed E-state index contributed by atoms with van der Waals surface area (Å²) in [4.78, 5) is 24.9. The van der Waals surface area contributed by atoms with Crippen LogP contribution in [-0.2, 0) is 12.8 Å². The second kappa shape index (κ2) is 6.80. The molecule has 3 rings (SSSR count). The molecule has 0 spiro atoms. The standard InChI is InChI=1S/C16H16ClN3O3S/c17-8-1-3-9(4-2-8)19-16(23)20-15-13(14(18)22)11-6-5-10(21)7-12(11)24-15/h1-4,10,21H,5-7H2,(H2,18,22)(H2,19,20,23). The lowest BCUT2D eigenvalue weighted by Crippen LogP contribution is -2.23. The first-order valence-electron chi connectivity index (χ1n) is 7.40. The van der Waals surface area contributed by atoms with Gasteiger partial charge in [-0.25, -0.2) is 4.79 Å². The second-order valence-corrected chi connectivity index (χ2v) is 7.10. The van der Waals surface area contributed by atoms with E-state index in [1.165, 1.54) is 11.3 Å². The van der Waals surface area contributed by atoms with E-state index in [-0.39, 0.29) is 0 Å². The fourth-order valence-corrected chi connectivity index (χ4v) is 4.16. The lowest BCUT2D eigenvalue weighted by molar-refractivity contribution is 0.0999. The van der Waals surface area contributed by atoms with Crippen molar-refractivity contribution in [2.24, 2.45) is 5.73 Å². The van der Waals surface area contributed by atoms with Gasteiger partial charge >= 0.3 is 6.03 Å². The van der Waals surface area contributed by atoms with Gasteiger partial charge in [0.15, 0.2) is 0 Å². The molecule has 5 N–H and O–H groups in total. The average Bonchev–Trinajstić information content (AvgIpc) is 2.86. The molecule has 0 saturated heterocycles. The molecule has 1 atom stereocenters. The monoisotopic (exact) mass is 365 g/mol. The predicted octanol–water partition coefficient (Wildman–Crippen LogP) is 2.99. The lowest BCUT2D eigenvalue weighted by Gasteiger charge is -2.17. The molecule has 24 heavy (non-hydrogen) atoms. The summed E-state index contributed by atoms with van der Waals surface area (Å²) in [6.07, 6.45) is 1.21. The minimum absolute atomic E-state index is 0.341. The number of amides is 3. The van der Waals surface area contributed by atoms with E-state index >= 15 is 0 Å². The van der Waals surface area contributed by atoms with Gasteiger partial charge in [-0.1, -0.05) is 11.6 Å². The van der Waals surface area contributed by atoms with E-state index in [1.807, 2.05) is 0 Å². The Hall–Kier alpha value is -2.09. The van der Waals surface area contributed by atoms with Crippen molar-refractivity contribution >= 4 is 45.6 Å². The molecule has 6 nitrogen and oxygen atoms in total. The molecule has 8 heteroatoms.